The predicted molar refractivity (Wildman–Crippen MR) is 356 cm³/mol. The van der Waals surface area contributed by atoms with Crippen LogP contribution >= 0.6 is 0 Å². The summed E-state index contributed by atoms with van der Waals surface area (Å²) in [5.74, 6) is -0.0164. The number of allylic oxidation sites excluding steroid dienone is 6. The third kappa shape index (κ3) is 67.1. The number of esters is 1. The van der Waals surface area contributed by atoms with Crippen molar-refractivity contribution in [3.8, 4) is 0 Å². The Morgan fingerprint density at radius 3 is 0.951 bits per heavy atom. The molecule has 3 N–H and O–H groups in total. The molecule has 2 unspecified atom stereocenters. The molecule has 0 saturated carbocycles. The van der Waals surface area contributed by atoms with E-state index in [0.717, 1.165) is 51.4 Å². The van der Waals surface area contributed by atoms with Gasteiger partial charge in [-0.3, -0.25) is 9.59 Å². The van der Waals surface area contributed by atoms with Crippen molar-refractivity contribution in [2.24, 2.45) is 0 Å². The number of amides is 1. The van der Waals surface area contributed by atoms with Crippen LogP contribution in [-0.2, 0) is 14.3 Å². The van der Waals surface area contributed by atoms with Crippen molar-refractivity contribution in [3.63, 3.8) is 0 Å². The summed E-state index contributed by atoms with van der Waals surface area (Å²) in [6.45, 7) is 4.96. The van der Waals surface area contributed by atoms with Crippen molar-refractivity contribution in [3.05, 3.63) is 36.5 Å². The van der Waals surface area contributed by atoms with Gasteiger partial charge in [-0.15, -0.1) is 0 Å². The van der Waals surface area contributed by atoms with Crippen LogP contribution < -0.4 is 5.32 Å². The van der Waals surface area contributed by atoms with Gasteiger partial charge in [0, 0.05) is 12.8 Å². The van der Waals surface area contributed by atoms with E-state index >= 15 is 0 Å². The highest BCUT2D eigenvalue weighted by atomic mass is 16.5. The molecule has 0 heterocycles. The zero-order valence-corrected chi connectivity index (χ0v) is 54.8. The second kappa shape index (κ2) is 70.6. The minimum Gasteiger partial charge on any atom is -0.466 e. The summed E-state index contributed by atoms with van der Waals surface area (Å²) in [5, 5.41) is 23.2. The van der Waals surface area contributed by atoms with Gasteiger partial charge < -0.3 is 20.3 Å². The molecule has 0 aromatic heterocycles. The third-order valence-electron chi connectivity index (χ3n) is 17.2. The van der Waals surface area contributed by atoms with Gasteiger partial charge in [0.25, 0.3) is 0 Å². The Hall–Kier alpha value is -1.92. The van der Waals surface area contributed by atoms with Crippen LogP contribution in [-0.4, -0.2) is 47.4 Å². The highest BCUT2D eigenvalue weighted by molar-refractivity contribution is 5.76. The van der Waals surface area contributed by atoms with E-state index < -0.39 is 12.1 Å². The van der Waals surface area contributed by atoms with Crippen LogP contribution in [0.2, 0.25) is 0 Å². The van der Waals surface area contributed by atoms with Crippen molar-refractivity contribution in [1.29, 1.82) is 0 Å². The quantitative estimate of drug-likeness (QED) is 0.0320. The standard InChI is InChI=1S/C75H143NO5/c1-3-5-7-9-11-13-15-16-17-39-43-46-49-53-57-61-65-69-75(80)81-70-66-62-58-54-50-47-44-41-38-36-34-32-30-28-26-24-22-20-18-19-21-23-25-27-29-31-33-35-37-40-42-45-48-52-56-60-64-68-74(79)76-72(71-77)73(78)67-63-59-55-51-14-12-10-8-6-4-2/h16-18,20,24,26,72-73,77-78H,3-15,19,21-23,25,27-71H2,1-2H3,(H,76,79)/b17-16-,20-18-,26-24-. The van der Waals surface area contributed by atoms with Gasteiger partial charge in [0.1, 0.15) is 0 Å². The SMILES string of the molecule is CCCCCCCC/C=C\CCCCCCCCCC(=O)OCCCCCCCCCCCCCCC/C=C\C/C=C\CCCCCCCCCCCCCCCCCCCC(=O)NC(CO)C(O)CCCCCCCCCCCC. The fourth-order valence-electron chi connectivity index (χ4n) is 11.6. The highest BCUT2D eigenvalue weighted by Crippen LogP contribution is 2.19. The first kappa shape index (κ1) is 79.1. The summed E-state index contributed by atoms with van der Waals surface area (Å²) < 4.78 is 5.50. The maximum Gasteiger partial charge on any atom is 0.305 e. The molecule has 0 bridgehead atoms. The highest BCUT2D eigenvalue weighted by Gasteiger charge is 2.20. The zero-order valence-electron chi connectivity index (χ0n) is 54.8. The van der Waals surface area contributed by atoms with E-state index in [1.165, 1.54) is 321 Å². The number of ether oxygens (including phenoxy) is 1. The van der Waals surface area contributed by atoms with Gasteiger partial charge in [0.15, 0.2) is 0 Å². The molecule has 6 nitrogen and oxygen atoms in total. The Bertz CT molecular complexity index is 1310. The Morgan fingerprint density at radius 2 is 0.617 bits per heavy atom. The number of aliphatic hydroxyl groups is 2. The molecule has 0 aliphatic carbocycles. The fraction of sp³-hybridized carbons (Fsp3) is 0.893. The number of carbonyl (C=O) groups excluding carboxylic acids is 2. The summed E-state index contributed by atoms with van der Waals surface area (Å²) in [5.41, 5.74) is 0. The fourth-order valence-corrected chi connectivity index (χ4v) is 11.6. The number of rotatable bonds is 69. The van der Waals surface area contributed by atoms with Crippen molar-refractivity contribution in [1.82, 2.24) is 5.32 Å². The number of carbonyl (C=O) groups is 2. The summed E-state index contributed by atoms with van der Waals surface area (Å²) in [6.07, 6.45) is 90.9. The molecule has 0 radical (unpaired) electrons. The van der Waals surface area contributed by atoms with Crippen LogP contribution in [0.1, 0.15) is 406 Å². The third-order valence-corrected chi connectivity index (χ3v) is 17.2. The van der Waals surface area contributed by atoms with E-state index in [0.29, 0.717) is 25.9 Å². The maximum absolute atomic E-state index is 12.4. The Labute approximate surface area is 506 Å². The van der Waals surface area contributed by atoms with Gasteiger partial charge in [-0.2, -0.15) is 0 Å². The molecule has 0 fully saturated rings. The van der Waals surface area contributed by atoms with E-state index in [1.807, 2.05) is 0 Å². The Morgan fingerprint density at radius 1 is 0.346 bits per heavy atom. The van der Waals surface area contributed by atoms with Gasteiger partial charge in [-0.25, -0.2) is 0 Å². The molecule has 0 aromatic rings. The van der Waals surface area contributed by atoms with E-state index in [9.17, 15) is 19.8 Å². The number of aliphatic hydroxyl groups excluding tert-OH is 2. The summed E-state index contributed by atoms with van der Waals surface area (Å²) in [6, 6.07) is -0.537. The summed E-state index contributed by atoms with van der Waals surface area (Å²) >= 11 is 0. The Balaban J connectivity index is 3.33. The Kier molecular flexibility index (Phi) is 68.9. The van der Waals surface area contributed by atoms with Gasteiger partial charge >= 0.3 is 5.97 Å². The molecule has 0 aliphatic heterocycles. The predicted octanol–water partition coefficient (Wildman–Crippen LogP) is 23.9. The smallest absolute Gasteiger partial charge is 0.305 e. The van der Waals surface area contributed by atoms with Gasteiger partial charge in [0.2, 0.25) is 5.91 Å². The normalized spacial score (nSPS) is 12.7. The average molecular weight is 1140 g/mol. The minimum absolute atomic E-state index is 0.0158. The van der Waals surface area contributed by atoms with Crippen molar-refractivity contribution in [2.45, 2.75) is 418 Å². The average Bonchev–Trinajstić information content (AvgIpc) is 3.47. The first-order chi connectivity index (χ1) is 40.0. The molecular weight excluding hydrogens is 995 g/mol. The van der Waals surface area contributed by atoms with Gasteiger partial charge in [0.05, 0.1) is 25.4 Å². The van der Waals surface area contributed by atoms with Crippen LogP contribution in [0.15, 0.2) is 36.5 Å². The van der Waals surface area contributed by atoms with Crippen LogP contribution in [0.4, 0.5) is 0 Å². The molecule has 0 saturated heterocycles. The second-order valence-electron chi connectivity index (χ2n) is 25.3. The zero-order chi connectivity index (χ0) is 58.5. The topological polar surface area (TPSA) is 95.9 Å². The van der Waals surface area contributed by atoms with Crippen LogP contribution in [0.5, 0.6) is 0 Å². The largest absolute Gasteiger partial charge is 0.466 e. The van der Waals surface area contributed by atoms with Gasteiger partial charge in [-0.05, 0) is 83.5 Å². The molecule has 478 valence electrons. The summed E-state index contributed by atoms with van der Waals surface area (Å²) in [7, 11) is 0. The lowest BCUT2D eigenvalue weighted by Crippen LogP contribution is -2.45. The van der Waals surface area contributed by atoms with Gasteiger partial charge in [-0.1, -0.05) is 346 Å². The number of nitrogens with one attached hydrogen (secondary N) is 1. The second-order valence-corrected chi connectivity index (χ2v) is 25.3. The molecule has 1 amide bonds. The molecule has 2 atom stereocenters. The molecule has 0 aromatic carbocycles. The first-order valence-electron chi connectivity index (χ1n) is 36.7. The van der Waals surface area contributed by atoms with Crippen LogP contribution in [0, 0.1) is 0 Å². The lowest BCUT2D eigenvalue weighted by atomic mass is 10.0. The first-order valence-corrected chi connectivity index (χ1v) is 36.7. The van der Waals surface area contributed by atoms with Crippen molar-refractivity contribution in [2.75, 3.05) is 13.2 Å². The van der Waals surface area contributed by atoms with Crippen molar-refractivity contribution >= 4 is 11.9 Å². The van der Waals surface area contributed by atoms with E-state index in [1.54, 1.807) is 0 Å². The number of hydrogen-bond donors (Lipinski definition) is 3. The summed E-state index contributed by atoms with van der Waals surface area (Å²) in [4.78, 5) is 24.5. The van der Waals surface area contributed by atoms with E-state index in [2.05, 4.69) is 55.6 Å². The maximum atomic E-state index is 12.4. The van der Waals surface area contributed by atoms with E-state index in [4.69, 9.17) is 4.74 Å². The lowest BCUT2D eigenvalue weighted by molar-refractivity contribution is -0.143. The molecule has 0 rings (SSSR count). The minimum atomic E-state index is -0.660. The molecule has 0 aliphatic rings. The van der Waals surface area contributed by atoms with Crippen LogP contribution in [0.25, 0.3) is 0 Å². The molecule has 81 heavy (non-hydrogen) atoms. The number of unbranched alkanes of at least 4 members (excludes halogenated alkanes) is 52. The monoisotopic (exact) mass is 1140 g/mol. The molecular formula is C75H143NO5. The lowest BCUT2D eigenvalue weighted by Gasteiger charge is -2.22. The molecule has 6 heteroatoms. The number of hydrogen-bond acceptors (Lipinski definition) is 5. The van der Waals surface area contributed by atoms with Crippen molar-refractivity contribution < 1.29 is 24.5 Å². The van der Waals surface area contributed by atoms with Crippen LogP contribution in [0.3, 0.4) is 0 Å². The molecule has 0 spiro atoms. The van der Waals surface area contributed by atoms with E-state index in [-0.39, 0.29) is 18.5 Å².